The summed E-state index contributed by atoms with van der Waals surface area (Å²) >= 11 is 1.50. The van der Waals surface area contributed by atoms with E-state index in [2.05, 4.69) is 18.1 Å². The summed E-state index contributed by atoms with van der Waals surface area (Å²) in [4.78, 5) is 18.1. The molecule has 104 valence electrons. The number of thiazole rings is 1. The van der Waals surface area contributed by atoms with Crippen LogP contribution >= 0.6 is 11.3 Å². The minimum atomic E-state index is -0.986. The first kappa shape index (κ1) is 14.1. The topological polar surface area (TPSA) is 57.8 Å². The Morgan fingerprint density at radius 1 is 1.45 bits per heavy atom. The quantitative estimate of drug-likeness (QED) is 0.629. The van der Waals surface area contributed by atoms with Gasteiger partial charge in [-0.05, 0) is 6.08 Å². The SMILES string of the molecule is C=CCN(CC=C)c1nc2sccn2c1/C=C/C(=O)O. The maximum absolute atomic E-state index is 10.7. The van der Waals surface area contributed by atoms with Gasteiger partial charge in [-0.3, -0.25) is 4.40 Å². The Labute approximate surface area is 120 Å². The lowest BCUT2D eigenvalue weighted by Crippen LogP contribution is -2.24. The summed E-state index contributed by atoms with van der Waals surface area (Å²) < 4.78 is 1.87. The molecule has 0 atom stereocenters. The van der Waals surface area contributed by atoms with Crippen LogP contribution in [0, 0.1) is 0 Å². The van der Waals surface area contributed by atoms with Gasteiger partial charge in [0.1, 0.15) is 0 Å². The maximum atomic E-state index is 10.7. The molecule has 2 heterocycles. The van der Waals surface area contributed by atoms with E-state index in [1.165, 1.54) is 11.3 Å². The van der Waals surface area contributed by atoms with E-state index in [-0.39, 0.29) is 0 Å². The average Bonchev–Trinajstić information content (AvgIpc) is 2.96. The number of aliphatic carboxylic acids is 1. The van der Waals surface area contributed by atoms with E-state index in [9.17, 15) is 4.79 Å². The molecule has 0 bridgehead atoms. The number of nitrogens with zero attached hydrogens (tertiary/aromatic N) is 3. The molecule has 0 radical (unpaired) electrons. The lowest BCUT2D eigenvalue weighted by atomic mass is 10.3. The second kappa shape index (κ2) is 6.21. The molecule has 0 aliphatic rings. The third-order valence-corrected chi connectivity index (χ3v) is 3.42. The van der Waals surface area contributed by atoms with Gasteiger partial charge in [-0.15, -0.1) is 24.5 Å². The van der Waals surface area contributed by atoms with E-state index in [4.69, 9.17) is 5.11 Å². The molecular weight excluding hydrogens is 274 g/mol. The highest BCUT2D eigenvalue weighted by atomic mass is 32.1. The van der Waals surface area contributed by atoms with Crippen LogP contribution < -0.4 is 4.90 Å². The third-order valence-electron chi connectivity index (χ3n) is 2.66. The van der Waals surface area contributed by atoms with Crippen LogP contribution in [-0.2, 0) is 4.79 Å². The second-order valence-corrected chi connectivity index (χ2v) is 4.90. The second-order valence-electron chi connectivity index (χ2n) is 4.03. The van der Waals surface area contributed by atoms with Crippen molar-refractivity contribution in [3.05, 3.63) is 48.7 Å². The minimum Gasteiger partial charge on any atom is -0.478 e. The molecular formula is C14H15N3O2S. The summed E-state index contributed by atoms with van der Waals surface area (Å²) in [6.07, 6.45) is 8.11. The summed E-state index contributed by atoms with van der Waals surface area (Å²) in [6, 6.07) is 0. The highest BCUT2D eigenvalue weighted by Crippen LogP contribution is 2.26. The first-order valence-corrected chi connectivity index (χ1v) is 6.88. The van der Waals surface area contributed by atoms with Gasteiger partial charge in [-0.25, -0.2) is 9.78 Å². The monoisotopic (exact) mass is 289 g/mol. The Morgan fingerprint density at radius 2 is 2.15 bits per heavy atom. The molecule has 0 saturated carbocycles. The number of hydrogen-bond donors (Lipinski definition) is 1. The van der Waals surface area contributed by atoms with Crippen LogP contribution in [0.3, 0.4) is 0 Å². The first-order chi connectivity index (χ1) is 9.67. The fourth-order valence-corrected chi connectivity index (χ4v) is 2.61. The average molecular weight is 289 g/mol. The van der Waals surface area contributed by atoms with Crippen LogP contribution in [0.1, 0.15) is 5.69 Å². The van der Waals surface area contributed by atoms with Gasteiger partial charge in [0, 0.05) is 30.7 Å². The maximum Gasteiger partial charge on any atom is 0.328 e. The molecule has 0 amide bonds. The van der Waals surface area contributed by atoms with Crippen molar-refractivity contribution in [2.24, 2.45) is 0 Å². The molecule has 6 heteroatoms. The van der Waals surface area contributed by atoms with Gasteiger partial charge in [-0.2, -0.15) is 0 Å². The Morgan fingerprint density at radius 3 is 2.75 bits per heavy atom. The number of aromatic nitrogens is 2. The zero-order valence-electron chi connectivity index (χ0n) is 10.9. The Kier molecular flexibility index (Phi) is 4.37. The molecule has 0 aromatic carbocycles. The molecule has 2 aromatic heterocycles. The predicted molar refractivity (Wildman–Crippen MR) is 82.3 cm³/mol. The number of anilines is 1. The summed E-state index contributed by atoms with van der Waals surface area (Å²) in [6.45, 7) is 8.70. The van der Waals surface area contributed by atoms with Crippen molar-refractivity contribution in [2.75, 3.05) is 18.0 Å². The van der Waals surface area contributed by atoms with Gasteiger partial charge in [0.2, 0.25) is 0 Å². The predicted octanol–water partition coefficient (Wildman–Crippen LogP) is 2.67. The van der Waals surface area contributed by atoms with E-state index < -0.39 is 5.97 Å². The molecule has 2 rings (SSSR count). The van der Waals surface area contributed by atoms with Crippen LogP contribution in [0.4, 0.5) is 5.82 Å². The number of carboxylic acid groups (broad SMARTS) is 1. The molecule has 0 aliphatic heterocycles. The summed E-state index contributed by atoms with van der Waals surface area (Å²) in [5.74, 6) is -0.255. The fourth-order valence-electron chi connectivity index (χ4n) is 1.89. The van der Waals surface area contributed by atoms with E-state index in [0.717, 1.165) is 22.5 Å². The standard InChI is InChI=1S/C14H15N3O2S/c1-3-7-16(8-4-2)13-11(5-6-12(18)19)17-9-10-20-14(17)15-13/h3-6,9-10H,1-2,7-8H2,(H,18,19)/b6-5+. The molecule has 0 spiro atoms. The van der Waals surface area contributed by atoms with E-state index in [1.54, 1.807) is 18.2 Å². The van der Waals surface area contributed by atoms with Crippen molar-refractivity contribution in [3.63, 3.8) is 0 Å². The molecule has 1 N–H and O–H groups in total. The molecule has 0 saturated heterocycles. The van der Waals surface area contributed by atoms with Crippen LogP contribution in [0.25, 0.3) is 11.0 Å². The van der Waals surface area contributed by atoms with Gasteiger partial charge in [-0.1, -0.05) is 12.2 Å². The van der Waals surface area contributed by atoms with Crippen molar-refractivity contribution in [1.82, 2.24) is 9.38 Å². The number of imidazole rings is 1. The molecule has 0 unspecified atom stereocenters. The minimum absolute atomic E-state index is 0.616. The number of rotatable bonds is 7. The van der Waals surface area contributed by atoms with Crippen molar-refractivity contribution < 1.29 is 9.90 Å². The largest absolute Gasteiger partial charge is 0.478 e. The van der Waals surface area contributed by atoms with Gasteiger partial charge < -0.3 is 10.0 Å². The number of carbonyl (C=O) groups is 1. The van der Waals surface area contributed by atoms with Gasteiger partial charge in [0.15, 0.2) is 10.8 Å². The van der Waals surface area contributed by atoms with E-state index in [0.29, 0.717) is 13.1 Å². The number of fused-ring (bicyclic) bond motifs is 1. The van der Waals surface area contributed by atoms with Gasteiger partial charge in [0.05, 0.1) is 5.69 Å². The molecule has 0 aliphatic carbocycles. The zero-order chi connectivity index (χ0) is 14.5. The summed E-state index contributed by atoms with van der Waals surface area (Å²) in [7, 11) is 0. The number of carboxylic acids is 1. The van der Waals surface area contributed by atoms with Gasteiger partial charge >= 0.3 is 5.97 Å². The normalized spacial score (nSPS) is 11.0. The number of hydrogen-bond acceptors (Lipinski definition) is 4. The van der Waals surface area contributed by atoms with Crippen LogP contribution in [-0.4, -0.2) is 33.6 Å². The van der Waals surface area contributed by atoms with Crippen molar-refractivity contribution in [2.45, 2.75) is 0 Å². The van der Waals surface area contributed by atoms with Crippen molar-refractivity contribution >= 4 is 34.2 Å². The Balaban J connectivity index is 2.52. The lowest BCUT2D eigenvalue weighted by molar-refractivity contribution is -0.131. The van der Waals surface area contributed by atoms with Gasteiger partial charge in [0.25, 0.3) is 0 Å². The highest BCUT2D eigenvalue weighted by molar-refractivity contribution is 7.15. The van der Waals surface area contributed by atoms with Crippen LogP contribution in [0.15, 0.2) is 43.0 Å². The zero-order valence-corrected chi connectivity index (χ0v) is 11.7. The molecule has 0 fully saturated rings. The van der Waals surface area contributed by atoms with E-state index >= 15 is 0 Å². The highest BCUT2D eigenvalue weighted by Gasteiger charge is 2.16. The van der Waals surface area contributed by atoms with Crippen molar-refractivity contribution in [3.8, 4) is 0 Å². The molecule has 2 aromatic rings. The van der Waals surface area contributed by atoms with E-state index in [1.807, 2.05) is 20.9 Å². The molecule has 20 heavy (non-hydrogen) atoms. The third kappa shape index (κ3) is 2.80. The fraction of sp³-hybridized carbons (Fsp3) is 0.143. The smallest absolute Gasteiger partial charge is 0.328 e. The molecule has 5 nitrogen and oxygen atoms in total. The van der Waals surface area contributed by atoms with Crippen molar-refractivity contribution in [1.29, 1.82) is 0 Å². The summed E-state index contributed by atoms with van der Waals surface area (Å²) in [5.41, 5.74) is 0.743. The first-order valence-electron chi connectivity index (χ1n) is 6.00. The van der Waals surface area contributed by atoms with Crippen LogP contribution in [0.2, 0.25) is 0 Å². The van der Waals surface area contributed by atoms with Crippen LogP contribution in [0.5, 0.6) is 0 Å². The Bertz CT molecular complexity index is 659. The Hall–Kier alpha value is -2.34. The lowest BCUT2D eigenvalue weighted by Gasteiger charge is -2.19. The summed E-state index contributed by atoms with van der Waals surface area (Å²) in [5, 5.41) is 10.7.